The molecule has 172 valence electrons. The molecule has 4 aromatic rings. The third-order valence-corrected chi connectivity index (χ3v) is 6.74. The van der Waals surface area contributed by atoms with Gasteiger partial charge in [-0.05, 0) is 22.3 Å². The Morgan fingerprint density at radius 2 is 1.54 bits per heavy atom. The number of benzene rings is 3. The molecule has 0 saturated heterocycles. The van der Waals surface area contributed by atoms with E-state index < -0.39 is 6.09 Å². The Morgan fingerprint density at radius 1 is 0.943 bits per heavy atom. The Morgan fingerprint density at radius 3 is 2.14 bits per heavy atom. The van der Waals surface area contributed by atoms with Crippen molar-refractivity contribution in [2.45, 2.75) is 24.9 Å². The Labute approximate surface area is 230 Å². The zero-order valence-electron chi connectivity index (χ0n) is 19.2. The van der Waals surface area contributed by atoms with Gasteiger partial charge in [0.2, 0.25) is 0 Å². The van der Waals surface area contributed by atoms with Gasteiger partial charge >= 0.3 is 35.7 Å². The standard InChI is InChI=1S/C27H21N2O3S.Na.H2O/c30-17-27(14-15-27)23-12-10-21(11-13-23)20-6-8-22(9-7-20)24-25(28-18-33-24)29-26(31)32-16-19-4-2-1-3-5-19;;/h1-13,18H,14-16H2,(H,29,31);;1H2/q-1;+1;/p-1. The molecule has 0 spiro atoms. The van der Waals surface area contributed by atoms with Crippen molar-refractivity contribution in [2.24, 2.45) is 0 Å². The number of nitrogens with one attached hydrogen (secondary N) is 1. The van der Waals surface area contributed by atoms with E-state index in [4.69, 9.17) is 4.74 Å². The van der Waals surface area contributed by atoms with Crippen LogP contribution in [0.5, 0.6) is 0 Å². The van der Waals surface area contributed by atoms with E-state index in [2.05, 4.69) is 16.6 Å². The molecule has 0 radical (unpaired) electrons. The molecule has 1 amide bonds. The fraction of sp³-hybridized carbons (Fsp3) is 0.148. The van der Waals surface area contributed by atoms with Gasteiger partial charge in [0.1, 0.15) is 6.61 Å². The predicted octanol–water partition coefficient (Wildman–Crippen LogP) is 3.19. The Balaban J connectivity index is 0.00000171. The molecule has 1 heterocycles. The van der Waals surface area contributed by atoms with Crippen LogP contribution < -0.4 is 34.9 Å². The summed E-state index contributed by atoms with van der Waals surface area (Å²) in [5, 5.41) is 2.74. The number of carbonyl (C=O) groups is 1. The van der Waals surface area contributed by atoms with E-state index >= 15 is 0 Å². The van der Waals surface area contributed by atoms with E-state index in [0.717, 1.165) is 45.5 Å². The van der Waals surface area contributed by atoms with Crippen LogP contribution in [-0.4, -0.2) is 22.8 Å². The van der Waals surface area contributed by atoms with Crippen molar-refractivity contribution in [3.63, 3.8) is 0 Å². The minimum Gasteiger partial charge on any atom is -0.870 e. The van der Waals surface area contributed by atoms with E-state index in [1.807, 2.05) is 78.9 Å². The molecular weight excluding hydrogens is 471 g/mol. The SMILES string of the molecule is O=[C-]C1(c2ccc(-c3ccc(-c4scnc4NC(=O)OCc4ccccc4)cc3)cc2)CC1.[Na+].[OH-]. The first-order valence-electron chi connectivity index (χ1n) is 10.7. The smallest absolute Gasteiger partial charge is 0.870 e. The van der Waals surface area contributed by atoms with Gasteiger partial charge in [0.15, 0.2) is 5.82 Å². The van der Waals surface area contributed by atoms with Gasteiger partial charge in [-0.15, -0.1) is 16.8 Å². The Kier molecular flexibility index (Phi) is 8.99. The van der Waals surface area contributed by atoms with Crippen LogP contribution in [0.3, 0.4) is 0 Å². The summed E-state index contributed by atoms with van der Waals surface area (Å²) in [5.41, 5.74) is 6.41. The first-order valence-corrected chi connectivity index (χ1v) is 11.6. The molecule has 6 nitrogen and oxygen atoms in total. The molecule has 35 heavy (non-hydrogen) atoms. The third-order valence-electron chi connectivity index (χ3n) is 5.86. The molecule has 0 unspecified atom stereocenters. The van der Waals surface area contributed by atoms with Crippen LogP contribution in [0.1, 0.15) is 24.0 Å². The first kappa shape index (κ1) is 26.8. The molecule has 1 aliphatic carbocycles. The molecule has 5 rings (SSSR count). The van der Waals surface area contributed by atoms with Crippen molar-refractivity contribution < 1.29 is 49.4 Å². The van der Waals surface area contributed by atoms with Gasteiger partial charge in [-0.1, -0.05) is 97.3 Å². The van der Waals surface area contributed by atoms with Crippen molar-refractivity contribution in [2.75, 3.05) is 5.32 Å². The minimum atomic E-state index is -0.538. The normalized spacial score (nSPS) is 13.0. The molecule has 1 fully saturated rings. The van der Waals surface area contributed by atoms with Crippen LogP contribution in [0.15, 0.2) is 84.4 Å². The van der Waals surface area contributed by atoms with Crippen LogP contribution in [0.4, 0.5) is 10.6 Å². The van der Waals surface area contributed by atoms with Crippen molar-refractivity contribution in [1.82, 2.24) is 4.98 Å². The van der Waals surface area contributed by atoms with Gasteiger partial charge in [0, 0.05) is 0 Å². The number of ether oxygens (including phenoxy) is 1. The molecule has 0 aliphatic heterocycles. The zero-order valence-corrected chi connectivity index (χ0v) is 22.0. The van der Waals surface area contributed by atoms with E-state index in [0.29, 0.717) is 5.82 Å². The maximum Gasteiger partial charge on any atom is 1.00 e. The number of carbonyl (C=O) groups excluding carboxylic acids is 2. The quantitative estimate of drug-likeness (QED) is 0.315. The van der Waals surface area contributed by atoms with Crippen LogP contribution >= 0.6 is 11.3 Å². The van der Waals surface area contributed by atoms with Crippen molar-refractivity contribution in [3.8, 4) is 21.6 Å². The Hall–Kier alpha value is -2.81. The van der Waals surface area contributed by atoms with Gasteiger partial charge in [-0.2, -0.15) is 0 Å². The summed E-state index contributed by atoms with van der Waals surface area (Å²) in [6.45, 7) is 0.200. The molecule has 3 aromatic carbocycles. The van der Waals surface area contributed by atoms with Crippen molar-refractivity contribution >= 4 is 29.5 Å². The summed E-state index contributed by atoms with van der Waals surface area (Å²) in [7, 11) is 0. The number of amides is 1. The molecule has 0 atom stereocenters. The van der Waals surface area contributed by atoms with E-state index in [1.165, 1.54) is 11.3 Å². The van der Waals surface area contributed by atoms with Gasteiger partial charge in [-0.3, -0.25) is 11.6 Å². The van der Waals surface area contributed by atoms with Crippen LogP contribution in [0.2, 0.25) is 0 Å². The fourth-order valence-electron chi connectivity index (χ4n) is 3.77. The summed E-state index contributed by atoms with van der Waals surface area (Å²) in [5.74, 6) is 0.481. The van der Waals surface area contributed by atoms with Crippen molar-refractivity contribution in [3.05, 3.63) is 95.5 Å². The second kappa shape index (κ2) is 11.7. The largest absolute Gasteiger partial charge is 1.00 e. The zero-order chi connectivity index (χ0) is 22.7. The maximum absolute atomic E-state index is 12.2. The molecule has 8 heteroatoms. The molecular formula is C27H22N2NaO4S-. The average molecular weight is 494 g/mol. The molecule has 0 bridgehead atoms. The summed E-state index contributed by atoms with van der Waals surface area (Å²) in [6, 6.07) is 25.8. The summed E-state index contributed by atoms with van der Waals surface area (Å²) in [6.07, 6.45) is 3.42. The van der Waals surface area contributed by atoms with E-state index in [-0.39, 0.29) is 47.1 Å². The van der Waals surface area contributed by atoms with Gasteiger partial charge in [0.05, 0.1) is 10.4 Å². The molecule has 1 aromatic heterocycles. The summed E-state index contributed by atoms with van der Waals surface area (Å²) >= 11 is 1.46. The van der Waals surface area contributed by atoms with Crippen molar-refractivity contribution in [1.29, 1.82) is 0 Å². The number of nitrogens with zero attached hydrogens (tertiary/aromatic N) is 1. The Bertz CT molecular complexity index is 1270. The monoisotopic (exact) mass is 493 g/mol. The van der Waals surface area contributed by atoms with Gasteiger partial charge in [-0.25, -0.2) is 9.78 Å². The van der Waals surface area contributed by atoms with Crippen LogP contribution in [-0.2, 0) is 21.6 Å². The number of hydrogen-bond acceptors (Lipinski definition) is 6. The van der Waals surface area contributed by atoms with Gasteiger partial charge < -0.3 is 15.0 Å². The average Bonchev–Trinajstić information content (AvgIpc) is 3.55. The van der Waals surface area contributed by atoms with Crippen LogP contribution in [0.25, 0.3) is 21.6 Å². The number of anilines is 1. The van der Waals surface area contributed by atoms with Crippen LogP contribution in [0, 0.1) is 0 Å². The second-order valence-corrected chi connectivity index (χ2v) is 8.91. The van der Waals surface area contributed by atoms with E-state index in [1.54, 1.807) is 5.51 Å². The number of rotatable bonds is 7. The van der Waals surface area contributed by atoms with E-state index in [9.17, 15) is 9.59 Å². The molecule has 1 aliphatic rings. The number of aromatic nitrogens is 1. The maximum atomic E-state index is 12.2. The fourth-order valence-corrected chi connectivity index (χ4v) is 4.52. The predicted molar refractivity (Wildman–Crippen MR) is 132 cm³/mol. The second-order valence-electron chi connectivity index (χ2n) is 8.06. The number of hydrogen-bond donors (Lipinski definition) is 1. The minimum absolute atomic E-state index is 0. The molecule has 2 N–H and O–H groups in total. The third kappa shape index (κ3) is 6.07. The summed E-state index contributed by atoms with van der Waals surface area (Å²) < 4.78 is 5.31. The summed E-state index contributed by atoms with van der Waals surface area (Å²) in [4.78, 5) is 28.6. The topological polar surface area (TPSA) is 98.3 Å². The molecule has 1 saturated carbocycles. The first-order chi connectivity index (χ1) is 16.2. The van der Waals surface area contributed by atoms with Gasteiger partial charge in [0.25, 0.3) is 0 Å². The number of thiazole rings is 1.